The van der Waals surface area contributed by atoms with Crippen LogP contribution in [0.4, 0.5) is 4.39 Å². The van der Waals surface area contributed by atoms with E-state index in [0.29, 0.717) is 22.1 Å². The average Bonchev–Trinajstić information content (AvgIpc) is 3.37. The molecule has 0 radical (unpaired) electrons. The smallest absolute Gasteiger partial charge is 0.173 e. The summed E-state index contributed by atoms with van der Waals surface area (Å²) in [5, 5.41) is 3.71. The molecule has 0 aliphatic carbocycles. The number of aliphatic imine (C=N–C) groups is 2. The maximum absolute atomic E-state index is 13.5. The Bertz CT molecular complexity index is 1210. The second-order valence-corrected chi connectivity index (χ2v) is 7.67. The Kier molecular flexibility index (Phi) is 6.36. The van der Waals surface area contributed by atoms with E-state index >= 15 is 0 Å². The fraction of sp³-hybridized carbons (Fsp3) is 0.0952. The van der Waals surface area contributed by atoms with Crippen LogP contribution < -0.4 is 0 Å². The van der Waals surface area contributed by atoms with Crippen molar-refractivity contribution in [3.8, 4) is 21.1 Å². The zero-order valence-electron chi connectivity index (χ0n) is 16.0. The average molecular weight is 424 g/mol. The van der Waals surface area contributed by atoms with E-state index in [1.807, 2.05) is 24.4 Å². The van der Waals surface area contributed by atoms with Gasteiger partial charge in [-0.05, 0) is 37.2 Å². The first-order valence-corrected chi connectivity index (χ1v) is 10.2. The molecule has 8 heteroatoms. The maximum Gasteiger partial charge on any atom is 0.173 e. The molecule has 4 heterocycles. The van der Waals surface area contributed by atoms with Crippen molar-refractivity contribution in [2.24, 2.45) is 9.98 Å². The van der Waals surface area contributed by atoms with E-state index in [4.69, 9.17) is 4.98 Å². The van der Waals surface area contributed by atoms with E-state index in [-0.39, 0.29) is 5.82 Å². The van der Waals surface area contributed by atoms with Crippen LogP contribution in [0.2, 0.25) is 0 Å². The number of hydrogen-bond acceptors (Lipinski definition) is 6. The van der Waals surface area contributed by atoms with Crippen LogP contribution in [0.25, 0.3) is 31.2 Å². The first-order chi connectivity index (χ1) is 14.1. The van der Waals surface area contributed by atoms with E-state index in [2.05, 4.69) is 39.8 Å². The lowest BCUT2D eigenvalue weighted by Gasteiger charge is -2.05. The fourth-order valence-corrected chi connectivity index (χ4v) is 4.62. The molecule has 0 unspecified atom stereocenters. The summed E-state index contributed by atoms with van der Waals surface area (Å²) in [5.41, 5.74) is 2.96. The number of pyridine rings is 2. The van der Waals surface area contributed by atoms with Gasteiger partial charge in [-0.15, -0.1) is 35.8 Å². The van der Waals surface area contributed by atoms with Gasteiger partial charge < -0.3 is 0 Å². The lowest BCUT2D eigenvalue weighted by molar-refractivity contribution is 0.622. The summed E-state index contributed by atoms with van der Waals surface area (Å²) in [6.07, 6.45) is 2.78. The van der Waals surface area contributed by atoms with Gasteiger partial charge in [0.15, 0.2) is 5.84 Å². The van der Waals surface area contributed by atoms with Crippen LogP contribution >= 0.6 is 22.7 Å². The number of halogens is 1. The van der Waals surface area contributed by atoms with Crippen LogP contribution in [0.3, 0.4) is 0 Å². The second kappa shape index (κ2) is 8.93. The number of nitrogens with zero attached hydrogens (tertiary/aromatic N) is 5. The van der Waals surface area contributed by atoms with E-state index in [1.54, 1.807) is 24.6 Å². The van der Waals surface area contributed by atoms with Crippen molar-refractivity contribution in [3.63, 3.8) is 0 Å². The van der Waals surface area contributed by atoms with Gasteiger partial charge in [-0.3, -0.25) is 9.98 Å². The van der Waals surface area contributed by atoms with Crippen molar-refractivity contribution in [2.75, 3.05) is 7.05 Å². The van der Waals surface area contributed by atoms with E-state index < -0.39 is 0 Å². The molecule has 29 heavy (non-hydrogen) atoms. The Morgan fingerprint density at radius 3 is 2.66 bits per heavy atom. The zero-order valence-corrected chi connectivity index (χ0v) is 17.6. The molecule has 4 aromatic rings. The van der Waals surface area contributed by atoms with Crippen LogP contribution in [0.1, 0.15) is 11.4 Å². The van der Waals surface area contributed by atoms with Crippen LogP contribution in [0.5, 0.6) is 0 Å². The molecule has 0 bridgehead atoms. The van der Waals surface area contributed by atoms with Gasteiger partial charge in [0.05, 0.1) is 22.5 Å². The van der Waals surface area contributed by atoms with Crippen molar-refractivity contribution < 1.29 is 4.39 Å². The van der Waals surface area contributed by atoms with Gasteiger partial charge in [-0.1, -0.05) is 0 Å². The van der Waals surface area contributed by atoms with E-state index in [0.717, 1.165) is 26.4 Å². The second-order valence-electron chi connectivity index (χ2n) is 5.72. The van der Waals surface area contributed by atoms with Crippen LogP contribution in [-0.4, -0.2) is 34.6 Å². The third-order valence-corrected chi connectivity index (χ3v) is 6.10. The molecular formula is C21H18FN5S2. The largest absolute Gasteiger partial charge is 0.268 e. The number of rotatable bonds is 3. The third-order valence-electron chi connectivity index (χ3n) is 4.00. The predicted molar refractivity (Wildman–Crippen MR) is 122 cm³/mol. The summed E-state index contributed by atoms with van der Waals surface area (Å²) in [4.78, 5) is 22.4. The van der Waals surface area contributed by atoms with Crippen molar-refractivity contribution in [1.82, 2.24) is 15.0 Å². The van der Waals surface area contributed by atoms with Gasteiger partial charge in [0, 0.05) is 28.9 Å². The Labute approximate surface area is 176 Å². The molecule has 0 atom stereocenters. The van der Waals surface area contributed by atoms with E-state index in [1.165, 1.54) is 23.6 Å². The molecule has 0 amide bonds. The van der Waals surface area contributed by atoms with Crippen molar-refractivity contribution >= 4 is 45.3 Å². The molecule has 0 saturated heterocycles. The summed E-state index contributed by atoms with van der Waals surface area (Å²) in [7, 11) is 1.67. The molecule has 146 valence electrons. The summed E-state index contributed by atoms with van der Waals surface area (Å²) >= 11 is 3.09. The van der Waals surface area contributed by atoms with Gasteiger partial charge in [0.2, 0.25) is 0 Å². The first-order valence-electron chi connectivity index (χ1n) is 8.51. The Hall–Kier alpha value is -3.10. The minimum Gasteiger partial charge on any atom is -0.268 e. The Balaban J connectivity index is 0.00000117. The Morgan fingerprint density at radius 2 is 1.97 bits per heavy atom. The maximum atomic E-state index is 13.5. The molecule has 0 aliphatic rings. The monoisotopic (exact) mass is 423 g/mol. The molecule has 4 rings (SSSR count). The molecular weight excluding hydrogens is 405 g/mol. The summed E-state index contributed by atoms with van der Waals surface area (Å²) < 4.78 is 14.6. The molecule has 0 N–H and O–H groups in total. The van der Waals surface area contributed by atoms with Gasteiger partial charge in [-0.25, -0.2) is 19.4 Å². The fourth-order valence-electron chi connectivity index (χ4n) is 2.79. The normalized spacial score (nSPS) is 11.2. The molecule has 0 aliphatic heterocycles. The molecule has 0 spiro atoms. The minimum absolute atomic E-state index is 0.386. The molecule has 0 aromatic carbocycles. The lowest BCUT2D eigenvalue weighted by Crippen LogP contribution is -2.02. The predicted octanol–water partition coefficient (Wildman–Crippen LogP) is 5.81. The van der Waals surface area contributed by atoms with Crippen LogP contribution in [-0.2, 0) is 0 Å². The summed E-state index contributed by atoms with van der Waals surface area (Å²) in [6.45, 7) is 11.5. The van der Waals surface area contributed by atoms with Gasteiger partial charge in [0.1, 0.15) is 16.5 Å². The highest BCUT2D eigenvalue weighted by atomic mass is 32.1. The number of fused-ring (bicyclic) bond motifs is 1. The molecule has 0 saturated carbocycles. The number of aromatic nitrogens is 3. The number of aryl methyl sites for hydroxylation is 1. The lowest BCUT2D eigenvalue weighted by atomic mass is 10.2. The quantitative estimate of drug-likeness (QED) is 0.237. The summed E-state index contributed by atoms with van der Waals surface area (Å²) in [5.74, 6) is 0.111. The highest BCUT2D eigenvalue weighted by Crippen LogP contribution is 2.37. The number of amidine groups is 1. The number of thiazole rings is 1. The molecule has 4 aromatic heterocycles. The standard InChI is InChI=1S/C19H14FN5S2.C2H4/c1-10-17(27-19(24-10)11-6-12(20)9-23-8-11)14-7-15-13(4-5-26-15)16(25-14)18(21-2)22-3;1-2/h4-9H,2H2,1,3H3;1-2H2. The van der Waals surface area contributed by atoms with E-state index in [9.17, 15) is 4.39 Å². The van der Waals surface area contributed by atoms with Crippen LogP contribution in [0, 0.1) is 12.7 Å². The van der Waals surface area contributed by atoms with Crippen LogP contribution in [0.15, 0.2) is 59.1 Å². The van der Waals surface area contributed by atoms with Crippen molar-refractivity contribution in [3.05, 3.63) is 66.3 Å². The number of hydrogen-bond donors (Lipinski definition) is 0. The van der Waals surface area contributed by atoms with Gasteiger partial charge >= 0.3 is 0 Å². The topological polar surface area (TPSA) is 63.4 Å². The SMILES string of the molecule is C=C.C=NC(=NC)c1nc(-c2sc(-c3cncc(F)c3)nc2C)cc2sccc12. The third kappa shape index (κ3) is 4.03. The highest BCUT2D eigenvalue weighted by molar-refractivity contribution is 7.19. The minimum atomic E-state index is -0.386. The first kappa shape index (κ1) is 20.6. The van der Waals surface area contributed by atoms with Gasteiger partial charge in [0.25, 0.3) is 0 Å². The molecule has 0 fully saturated rings. The zero-order chi connectivity index (χ0) is 21.0. The van der Waals surface area contributed by atoms with Crippen molar-refractivity contribution in [1.29, 1.82) is 0 Å². The Morgan fingerprint density at radius 1 is 1.17 bits per heavy atom. The van der Waals surface area contributed by atoms with Crippen molar-refractivity contribution in [2.45, 2.75) is 6.92 Å². The number of thiophene rings is 1. The van der Waals surface area contributed by atoms with Gasteiger partial charge in [-0.2, -0.15) is 0 Å². The highest BCUT2D eigenvalue weighted by Gasteiger charge is 2.17. The molecule has 5 nitrogen and oxygen atoms in total. The summed E-state index contributed by atoms with van der Waals surface area (Å²) in [6, 6.07) is 5.47.